The van der Waals surface area contributed by atoms with E-state index in [2.05, 4.69) is 31.4 Å². The Hall–Kier alpha value is -2.37. The van der Waals surface area contributed by atoms with Crippen molar-refractivity contribution in [3.05, 3.63) is 50.6 Å². The predicted octanol–water partition coefficient (Wildman–Crippen LogP) is 4.91. The second kappa shape index (κ2) is 10.5. The van der Waals surface area contributed by atoms with Gasteiger partial charge in [-0.1, -0.05) is 27.7 Å². The first-order chi connectivity index (χ1) is 15.2. The SMILES string of the molecule is COC(=O)c1c(NC(=O)CSc2nnc(C(C)Oc3ccc(Br)cc3)n2C)sc(C)c1C. The number of hydrogen-bond acceptors (Lipinski definition) is 8. The number of rotatable bonds is 8. The van der Waals surface area contributed by atoms with Crippen molar-refractivity contribution in [1.29, 1.82) is 0 Å². The Balaban J connectivity index is 1.63. The van der Waals surface area contributed by atoms with E-state index >= 15 is 0 Å². The molecular weight excluding hydrogens is 516 g/mol. The zero-order chi connectivity index (χ0) is 23.4. The van der Waals surface area contributed by atoms with Crippen molar-refractivity contribution >= 4 is 55.9 Å². The fourth-order valence-corrected chi connectivity index (χ4v) is 4.98. The highest BCUT2D eigenvalue weighted by atomic mass is 79.9. The van der Waals surface area contributed by atoms with Crippen LogP contribution in [-0.2, 0) is 16.6 Å². The van der Waals surface area contributed by atoms with E-state index in [-0.39, 0.29) is 17.8 Å². The number of aromatic nitrogens is 3. The molecule has 2 heterocycles. The van der Waals surface area contributed by atoms with Crippen LogP contribution in [0.4, 0.5) is 5.00 Å². The first kappa shape index (κ1) is 24.3. The van der Waals surface area contributed by atoms with E-state index in [4.69, 9.17) is 9.47 Å². The molecule has 0 saturated heterocycles. The van der Waals surface area contributed by atoms with Crippen molar-refractivity contribution in [1.82, 2.24) is 14.8 Å². The van der Waals surface area contributed by atoms with Gasteiger partial charge < -0.3 is 19.4 Å². The molecule has 0 aliphatic rings. The number of halogens is 1. The molecular formula is C21H23BrN4O4S2. The van der Waals surface area contributed by atoms with Crippen molar-refractivity contribution in [2.75, 3.05) is 18.2 Å². The Morgan fingerprint density at radius 2 is 1.94 bits per heavy atom. The minimum atomic E-state index is -0.465. The number of anilines is 1. The molecule has 0 aliphatic carbocycles. The molecule has 1 amide bonds. The molecule has 0 radical (unpaired) electrons. The number of thioether (sulfide) groups is 1. The Bertz CT molecular complexity index is 1130. The van der Waals surface area contributed by atoms with Gasteiger partial charge in [0.1, 0.15) is 10.8 Å². The van der Waals surface area contributed by atoms with Gasteiger partial charge in [0.15, 0.2) is 17.1 Å². The smallest absolute Gasteiger partial charge is 0.341 e. The minimum absolute atomic E-state index is 0.116. The molecule has 2 aromatic heterocycles. The molecule has 170 valence electrons. The standard InChI is InChI=1S/C21H23BrN4O4S2/c1-11-13(3)32-19(17(11)20(28)29-5)23-16(27)10-31-21-25-24-18(26(21)4)12(2)30-15-8-6-14(22)7-9-15/h6-9,12H,10H2,1-5H3,(H,23,27). The number of nitrogens with one attached hydrogen (secondary N) is 1. The number of amides is 1. The highest BCUT2D eigenvalue weighted by Gasteiger charge is 2.22. The van der Waals surface area contributed by atoms with E-state index in [0.717, 1.165) is 20.7 Å². The summed E-state index contributed by atoms with van der Waals surface area (Å²) in [6.07, 6.45) is -0.323. The molecule has 11 heteroatoms. The second-order valence-corrected chi connectivity index (χ2v) is 10.0. The monoisotopic (exact) mass is 538 g/mol. The molecule has 1 atom stereocenters. The normalized spacial score (nSPS) is 11.8. The molecule has 0 bridgehead atoms. The molecule has 32 heavy (non-hydrogen) atoms. The zero-order valence-electron chi connectivity index (χ0n) is 18.3. The highest BCUT2D eigenvalue weighted by Crippen LogP contribution is 2.33. The summed E-state index contributed by atoms with van der Waals surface area (Å²) in [6.45, 7) is 5.62. The van der Waals surface area contributed by atoms with Crippen molar-refractivity contribution in [3.63, 3.8) is 0 Å². The number of benzene rings is 1. The van der Waals surface area contributed by atoms with Gasteiger partial charge in [-0.15, -0.1) is 21.5 Å². The Labute approximate surface area is 202 Å². The van der Waals surface area contributed by atoms with Crippen LogP contribution in [0.25, 0.3) is 0 Å². The van der Waals surface area contributed by atoms with Gasteiger partial charge in [0.05, 0.1) is 18.4 Å². The highest BCUT2D eigenvalue weighted by molar-refractivity contribution is 9.10. The van der Waals surface area contributed by atoms with E-state index in [1.165, 1.54) is 30.2 Å². The van der Waals surface area contributed by atoms with Crippen LogP contribution < -0.4 is 10.1 Å². The molecule has 0 spiro atoms. The maximum Gasteiger partial charge on any atom is 0.341 e. The number of carbonyl (C=O) groups is 2. The van der Waals surface area contributed by atoms with Gasteiger partial charge >= 0.3 is 5.97 Å². The first-order valence-electron chi connectivity index (χ1n) is 9.63. The van der Waals surface area contributed by atoms with Gasteiger partial charge in [0.2, 0.25) is 5.91 Å². The van der Waals surface area contributed by atoms with Gasteiger partial charge in [0, 0.05) is 16.4 Å². The van der Waals surface area contributed by atoms with Gasteiger partial charge in [-0.25, -0.2) is 4.79 Å². The molecule has 0 fully saturated rings. The fourth-order valence-electron chi connectivity index (χ4n) is 2.93. The van der Waals surface area contributed by atoms with Gasteiger partial charge in [-0.05, 0) is 50.6 Å². The quantitative estimate of drug-likeness (QED) is 0.321. The van der Waals surface area contributed by atoms with Crippen LogP contribution >= 0.6 is 39.0 Å². The largest absolute Gasteiger partial charge is 0.483 e. The molecule has 1 unspecified atom stereocenters. The number of hydrogen-bond donors (Lipinski definition) is 1. The predicted molar refractivity (Wildman–Crippen MR) is 129 cm³/mol. The van der Waals surface area contributed by atoms with E-state index in [0.29, 0.717) is 21.5 Å². The van der Waals surface area contributed by atoms with Gasteiger partial charge in [0.25, 0.3) is 0 Å². The summed E-state index contributed by atoms with van der Waals surface area (Å²) < 4.78 is 13.6. The average Bonchev–Trinajstić information content (AvgIpc) is 3.26. The number of aryl methyl sites for hydroxylation is 1. The van der Waals surface area contributed by atoms with Crippen molar-refractivity contribution in [2.24, 2.45) is 7.05 Å². The fraction of sp³-hybridized carbons (Fsp3) is 0.333. The Morgan fingerprint density at radius 3 is 2.59 bits per heavy atom. The lowest BCUT2D eigenvalue weighted by atomic mass is 10.1. The molecule has 1 N–H and O–H groups in total. The lowest BCUT2D eigenvalue weighted by Gasteiger charge is -2.14. The molecule has 1 aromatic carbocycles. The molecule has 8 nitrogen and oxygen atoms in total. The number of ether oxygens (including phenoxy) is 2. The van der Waals surface area contributed by atoms with E-state index in [9.17, 15) is 9.59 Å². The number of esters is 1. The third-order valence-corrected chi connectivity index (χ3v) is 7.39. The van der Waals surface area contributed by atoms with E-state index < -0.39 is 5.97 Å². The summed E-state index contributed by atoms with van der Waals surface area (Å²) >= 11 is 6.01. The van der Waals surface area contributed by atoms with E-state index in [1.54, 1.807) is 4.57 Å². The summed E-state index contributed by atoms with van der Waals surface area (Å²) in [7, 11) is 3.15. The minimum Gasteiger partial charge on any atom is -0.483 e. The van der Waals surface area contributed by atoms with Crippen LogP contribution in [0.5, 0.6) is 5.75 Å². The molecule has 3 aromatic rings. The van der Waals surface area contributed by atoms with Crippen LogP contribution in [0.1, 0.15) is 39.7 Å². The van der Waals surface area contributed by atoms with Crippen LogP contribution in [0.15, 0.2) is 33.9 Å². The summed E-state index contributed by atoms with van der Waals surface area (Å²) in [4.78, 5) is 25.6. The van der Waals surface area contributed by atoms with E-state index in [1.807, 2.05) is 52.1 Å². The molecule has 3 rings (SSSR count). The maximum absolute atomic E-state index is 12.5. The Morgan fingerprint density at radius 1 is 1.25 bits per heavy atom. The lowest BCUT2D eigenvalue weighted by Crippen LogP contribution is -2.16. The topological polar surface area (TPSA) is 95.3 Å². The summed E-state index contributed by atoms with van der Waals surface area (Å²) in [5.41, 5.74) is 1.20. The Kier molecular flexibility index (Phi) is 7.96. The molecule has 0 saturated carbocycles. The number of methoxy groups -OCH3 is 1. The van der Waals surface area contributed by atoms with Crippen LogP contribution in [0.3, 0.4) is 0 Å². The zero-order valence-corrected chi connectivity index (χ0v) is 21.5. The van der Waals surface area contributed by atoms with Crippen molar-refractivity contribution < 1.29 is 19.1 Å². The van der Waals surface area contributed by atoms with Gasteiger partial charge in [-0.3, -0.25) is 4.79 Å². The number of nitrogens with zero attached hydrogens (tertiary/aromatic N) is 3. The number of carbonyl (C=O) groups excluding carboxylic acids is 2. The third-order valence-electron chi connectivity index (χ3n) is 4.72. The van der Waals surface area contributed by atoms with Crippen molar-refractivity contribution in [3.8, 4) is 5.75 Å². The summed E-state index contributed by atoms with van der Waals surface area (Å²) in [5, 5.41) is 12.3. The van der Waals surface area contributed by atoms with Crippen LogP contribution in [-0.4, -0.2) is 39.5 Å². The maximum atomic E-state index is 12.5. The van der Waals surface area contributed by atoms with Crippen molar-refractivity contribution in [2.45, 2.75) is 32.0 Å². The van der Waals surface area contributed by atoms with Gasteiger partial charge in [-0.2, -0.15) is 0 Å². The number of thiophene rings is 1. The summed E-state index contributed by atoms with van der Waals surface area (Å²) in [6, 6.07) is 7.54. The first-order valence-corrected chi connectivity index (χ1v) is 12.2. The lowest BCUT2D eigenvalue weighted by molar-refractivity contribution is -0.113. The van der Waals surface area contributed by atoms with Crippen LogP contribution in [0, 0.1) is 13.8 Å². The third kappa shape index (κ3) is 5.51. The van der Waals surface area contributed by atoms with Crippen LogP contribution in [0.2, 0.25) is 0 Å². The second-order valence-electron chi connectivity index (χ2n) is 6.93. The molecule has 0 aliphatic heterocycles. The average molecular weight is 539 g/mol. The summed E-state index contributed by atoms with van der Waals surface area (Å²) in [5.74, 6) is 0.774.